The average Bonchev–Trinajstić information content (AvgIpc) is 3.16. The molecular formula is C26H23F2N6OS+. The molecular weight excluding hydrogens is 482 g/mol. The molecule has 0 aliphatic heterocycles. The lowest BCUT2D eigenvalue weighted by Gasteiger charge is -2.10. The van der Waals surface area contributed by atoms with Gasteiger partial charge in [-0.2, -0.15) is 13.5 Å². The summed E-state index contributed by atoms with van der Waals surface area (Å²) in [4.78, 5) is 23.0. The van der Waals surface area contributed by atoms with Gasteiger partial charge in [-0.3, -0.25) is 4.98 Å². The van der Waals surface area contributed by atoms with Crippen LogP contribution in [0.4, 0.5) is 14.7 Å². The number of benzene rings is 2. The second-order valence-electron chi connectivity index (χ2n) is 8.35. The predicted molar refractivity (Wildman–Crippen MR) is 136 cm³/mol. The van der Waals surface area contributed by atoms with Crippen LogP contribution in [0, 0.1) is 13.8 Å². The van der Waals surface area contributed by atoms with Gasteiger partial charge < -0.3 is 5.73 Å². The molecule has 3 aromatic heterocycles. The highest BCUT2D eigenvalue weighted by molar-refractivity contribution is 7.99. The van der Waals surface area contributed by atoms with Gasteiger partial charge in [0, 0.05) is 21.8 Å². The zero-order valence-corrected chi connectivity index (χ0v) is 20.4. The summed E-state index contributed by atoms with van der Waals surface area (Å²) in [5.74, 6) is -2.55. The van der Waals surface area contributed by atoms with Crippen molar-refractivity contribution in [3.05, 3.63) is 94.2 Å². The Kier molecular flexibility index (Phi) is 6.27. The SMILES string of the molecule is Cc1cc(-c2c(-c3ccccc3)nc(N)[n+]3c(=O)n(Cc4ccccc4SC(F)F)[nH]c23)cc(C)n1. The molecule has 0 saturated heterocycles. The number of nitrogen functional groups attached to an aromatic ring is 1. The van der Waals surface area contributed by atoms with E-state index >= 15 is 0 Å². The molecule has 3 heterocycles. The van der Waals surface area contributed by atoms with Crippen LogP contribution in [0.15, 0.2) is 76.4 Å². The molecule has 0 aliphatic carbocycles. The Hall–Kier alpha value is -4.05. The molecule has 0 amide bonds. The van der Waals surface area contributed by atoms with Crippen molar-refractivity contribution in [2.24, 2.45) is 0 Å². The highest BCUT2D eigenvalue weighted by Crippen LogP contribution is 2.33. The molecule has 182 valence electrons. The minimum atomic E-state index is -2.57. The third-order valence-electron chi connectivity index (χ3n) is 5.75. The number of pyridine rings is 1. The molecule has 7 nitrogen and oxygen atoms in total. The van der Waals surface area contributed by atoms with E-state index in [1.54, 1.807) is 24.3 Å². The normalized spacial score (nSPS) is 11.5. The van der Waals surface area contributed by atoms with Crippen molar-refractivity contribution in [3.8, 4) is 22.4 Å². The number of aromatic amines is 1. The summed E-state index contributed by atoms with van der Waals surface area (Å²) < 4.78 is 28.9. The number of rotatable bonds is 6. The fourth-order valence-electron chi connectivity index (χ4n) is 4.33. The lowest BCUT2D eigenvalue weighted by molar-refractivity contribution is -0.516. The van der Waals surface area contributed by atoms with E-state index in [2.05, 4.69) is 15.1 Å². The van der Waals surface area contributed by atoms with Crippen molar-refractivity contribution in [2.45, 2.75) is 31.0 Å². The highest BCUT2D eigenvalue weighted by atomic mass is 32.2. The van der Waals surface area contributed by atoms with Crippen molar-refractivity contribution in [1.29, 1.82) is 0 Å². The van der Waals surface area contributed by atoms with Crippen molar-refractivity contribution >= 4 is 23.4 Å². The van der Waals surface area contributed by atoms with Crippen LogP contribution in [0.2, 0.25) is 0 Å². The van der Waals surface area contributed by atoms with Gasteiger partial charge in [-0.05, 0) is 43.2 Å². The lowest BCUT2D eigenvalue weighted by atomic mass is 9.99. The van der Waals surface area contributed by atoms with E-state index in [0.29, 0.717) is 39.1 Å². The molecule has 10 heteroatoms. The third-order valence-corrected chi connectivity index (χ3v) is 6.58. The van der Waals surface area contributed by atoms with E-state index in [0.717, 1.165) is 22.5 Å². The van der Waals surface area contributed by atoms with Crippen LogP contribution in [-0.2, 0) is 6.54 Å². The Bertz CT molecular complexity index is 1610. The van der Waals surface area contributed by atoms with Crippen molar-refractivity contribution in [1.82, 2.24) is 19.7 Å². The lowest BCUT2D eigenvalue weighted by Crippen LogP contribution is -2.44. The number of nitrogens with zero attached hydrogens (tertiary/aromatic N) is 4. The minimum Gasteiger partial charge on any atom is -0.319 e. The molecule has 0 atom stereocenters. The Morgan fingerprint density at radius 2 is 1.67 bits per heavy atom. The smallest absolute Gasteiger partial charge is 0.319 e. The maximum Gasteiger partial charge on any atom is 0.428 e. The van der Waals surface area contributed by atoms with Gasteiger partial charge in [0.05, 0.1) is 5.56 Å². The molecule has 36 heavy (non-hydrogen) atoms. The van der Waals surface area contributed by atoms with E-state index < -0.39 is 11.4 Å². The molecule has 5 rings (SSSR count). The summed E-state index contributed by atoms with van der Waals surface area (Å²) >= 11 is 0.450. The van der Waals surface area contributed by atoms with Crippen molar-refractivity contribution in [3.63, 3.8) is 0 Å². The monoisotopic (exact) mass is 505 g/mol. The van der Waals surface area contributed by atoms with Crippen LogP contribution >= 0.6 is 11.8 Å². The Balaban J connectivity index is 1.77. The number of alkyl halides is 2. The molecule has 0 bridgehead atoms. The number of hydrogen-bond acceptors (Lipinski definition) is 5. The van der Waals surface area contributed by atoms with E-state index in [4.69, 9.17) is 5.73 Å². The zero-order chi connectivity index (χ0) is 25.4. The number of halogens is 2. The number of fused-ring (bicyclic) bond motifs is 1. The topological polar surface area (TPSA) is 93.7 Å². The summed E-state index contributed by atoms with van der Waals surface area (Å²) in [6.07, 6.45) is 0. The van der Waals surface area contributed by atoms with E-state index in [1.165, 1.54) is 9.08 Å². The van der Waals surface area contributed by atoms with E-state index in [-0.39, 0.29) is 12.5 Å². The molecule has 5 aromatic rings. The Labute approximate surface area is 209 Å². The van der Waals surface area contributed by atoms with Crippen LogP contribution in [-0.4, -0.2) is 25.5 Å². The number of nitrogens with two attached hydrogens (primary N) is 1. The van der Waals surface area contributed by atoms with Crippen LogP contribution in [0.5, 0.6) is 0 Å². The fourth-order valence-corrected chi connectivity index (χ4v) is 4.97. The minimum absolute atomic E-state index is 0.0188. The first-order chi connectivity index (χ1) is 17.3. The van der Waals surface area contributed by atoms with Gasteiger partial charge in [-0.1, -0.05) is 60.3 Å². The summed E-state index contributed by atoms with van der Waals surface area (Å²) in [5.41, 5.74) is 11.5. The second-order valence-corrected chi connectivity index (χ2v) is 9.38. The molecule has 0 radical (unpaired) electrons. The van der Waals surface area contributed by atoms with Gasteiger partial charge in [-0.25, -0.2) is 9.89 Å². The molecule has 2 aromatic carbocycles. The van der Waals surface area contributed by atoms with Crippen molar-refractivity contribution in [2.75, 3.05) is 5.73 Å². The summed E-state index contributed by atoms with van der Waals surface area (Å²) in [6, 6.07) is 20.2. The van der Waals surface area contributed by atoms with Gasteiger partial charge in [0.15, 0.2) is 0 Å². The van der Waals surface area contributed by atoms with Crippen LogP contribution in [0.3, 0.4) is 0 Å². The molecule has 0 aliphatic rings. The van der Waals surface area contributed by atoms with Crippen LogP contribution in [0.25, 0.3) is 28.0 Å². The van der Waals surface area contributed by atoms with Crippen LogP contribution in [0.1, 0.15) is 17.0 Å². The van der Waals surface area contributed by atoms with Gasteiger partial charge in [0.2, 0.25) is 5.65 Å². The number of thioether (sulfide) groups is 1. The molecule has 0 spiro atoms. The fraction of sp³-hybridized carbons (Fsp3) is 0.154. The number of aryl methyl sites for hydroxylation is 2. The average molecular weight is 506 g/mol. The summed E-state index contributed by atoms with van der Waals surface area (Å²) in [5, 5.41) is 3.18. The van der Waals surface area contributed by atoms with Crippen LogP contribution < -0.4 is 15.8 Å². The third kappa shape index (κ3) is 4.47. The summed E-state index contributed by atoms with van der Waals surface area (Å²) in [7, 11) is 0. The highest BCUT2D eigenvalue weighted by Gasteiger charge is 2.26. The first kappa shape index (κ1) is 23.7. The van der Waals surface area contributed by atoms with E-state index in [1.807, 2.05) is 56.3 Å². The number of nitrogens with one attached hydrogen (secondary N) is 1. The molecule has 3 N–H and O–H groups in total. The maximum atomic E-state index is 13.5. The molecule has 0 fully saturated rings. The quantitative estimate of drug-likeness (QED) is 0.260. The number of H-pyrrole nitrogens is 1. The second kappa shape index (κ2) is 9.54. The summed E-state index contributed by atoms with van der Waals surface area (Å²) in [6.45, 7) is 3.86. The first-order valence-corrected chi connectivity index (χ1v) is 12.1. The maximum absolute atomic E-state index is 13.5. The molecule has 0 unspecified atom stereocenters. The van der Waals surface area contributed by atoms with Crippen molar-refractivity contribution < 1.29 is 13.2 Å². The Morgan fingerprint density at radius 3 is 2.36 bits per heavy atom. The number of aromatic nitrogens is 5. The Morgan fingerprint density at radius 1 is 1.00 bits per heavy atom. The first-order valence-electron chi connectivity index (χ1n) is 11.2. The number of hydrogen-bond donors (Lipinski definition) is 2. The predicted octanol–water partition coefficient (Wildman–Crippen LogP) is 4.60. The largest absolute Gasteiger partial charge is 0.428 e. The van der Waals surface area contributed by atoms with Gasteiger partial charge >= 0.3 is 11.6 Å². The van der Waals surface area contributed by atoms with Gasteiger partial charge in [0.25, 0.3) is 5.76 Å². The van der Waals surface area contributed by atoms with E-state index in [9.17, 15) is 13.6 Å². The standard InChI is InChI=1S/C26H22F2N6OS/c1-15-12-19(13-16(2)30-15)21-22(17-8-4-3-5-9-17)31-25(29)34-23(21)32-33(26(34)35)14-18-10-6-7-11-20(18)36-24(27)28/h3-13,24H,14H2,1-2H3,(H2,29,30,31,32)/p+1. The zero-order valence-electron chi connectivity index (χ0n) is 19.6. The number of anilines is 1. The van der Waals surface area contributed by atoms with Gasteiger partial charge in [0.1, 0.15) is 12.2 Å². The van der Waals surface area contributed by atoms with Gasteiger partial charge in [-0.15, -0.1) is 9.38 Å². The molecule has 0 saturated carbocycles.